The Bertz CT molecular complexity index is 749. The highest BCUT2D eigenvalue weighted by Crippen LogP contribution is 2.28. The van der Waals surface area contributed by atoms with Crippen LogP contribution in [0.2, 0.25) is 0 Å². The number of rotatable bonds is 3. The van der Waals surface area contributed by atoms with Crippen molar-refractivity contribution in [2.75, 3.05) is 32.9 Å². The number of hydrogen-bond acceptors (Lipinski definition) is 6. The average molecular weight is 329 g/mol. The molecular weight excluding hydrogens is 310 g/mol. The van der Waals surface area contributed by atoms with Crippen molar-refractivity contribution in [2.45, 2.75) is 23.9 Å². The molecule has 0 spiro atoms. The van der Waals surface area contributed by atoms with Gasteiger partial charge in [0.05, 0.1) is 0 Å². The van der Waals surface area contributed by atoms with E-state index in [9.17, 15) is 8.42 Å². The van der Waals surface area contributed by atoms with Gasteiger partial charge < -0.3 is 10.6 Å². The Hall–Kier alpha value is -1.16. The highest BCUT2D eigenvalue weighted by molar-refractivity contribution is 7.89. The fourth-order valence-corrected chi connectivity index (χ4v) is 5.19. The molecule has 0 amide bonds. The van der Waals surface area contributed by atoms with E-state index >= 15 is 0 Å². The molecule has 0 radical (unpaired) electrons. The maximum atomic E-state index is 12.9. The van der Waals surface area contributed by atoms with Gasteiger partial charge in [0.25, 0.3) is 10.0 Å². The Labute approximate surface area is 128 Å². The van der Waals surface area contributed by atoms with Crippen molar-refractivity contribution >= 4 is 32.1 Å². The second-order valence-electron chi connectivity index (χ2n) is 5.48. The molecule has 3 rings (SSSR count). The van der Waals surface area contributed by atoms with E-state index in [1.54, 1.807) is 16.0 Å². The summed E-state index contributed by atoms with van der Waals surface area (Å²) in [6.45, 7) is 1.02. The number of fused-ring (bicyclic) bond motifs is 1. The van der Waals surface area contributed by atoms with Crippen molar-refractivity contribution in [2.24, 2.45) is 0 Å². The lowest BCUT2D eigenvalue weighted by atomic mass is 10.1. The third-order valence-electron chi connectivity index (χ3n) is 3.92. The first-order valence-electron chi connectivity index (χ1n) is 6.79. The number of aromatic nitrogens is 2. The predicted molar refractivity (Wildman–Crippen MR) is 82.9 cm³/mol. The second kappa shape index (κ2) is 5.24. The molecule has 3 heterocycles. The topological polar surface area (TPSA) is 83.9 Å². The minimum Gasteiger partial charge on any atom is -0.381 e. The third-order valence-corrected chi connectivity index (χ3v) is 6.58. The zero-order chi connectivity index (χ0) is 15.2. The normalized spacial score (nSPS) is 21.4. The number of piperidine rings is 1. The van der Waals surface area contributed by atoms with Gasteiger partial charge in [0.2, 0.25) is 0 Å². The van der Waals surface area contributed by atoms with Gasteiger partial charge in [-0.25, -0.2) is 13.4 Å². The zero-order valence-electron chi connectivity index (χ0n) is 12.1. The van der Waals surface area contributed by atoms with Crippen molar-refractivity contribution in [3.8, 4) is 0 Å². The first-order valence-corrected chi connectivity index (χ1v) is 9.11. The summed E-state index contributed by atoms with van der Waals surface area (Å²) in [6.07, 6.45) is 3.56. The van der Waals surface area contributed by atoms with Crippen molar-refractivity contribution in [1.82, 2.24) is 18.6 Å². The molecule has 1 saturated heterocycles. The number of likely N-dealkylation sites (N-methyl/N-ethyl adjacent to an activating group) is 1. The van der Waals surface area contributed by atoms with E-state index < -0.39 is 10.0 Å². The molecular formula is C12H19N5O2S2. The van der Waals surface area contributed by atoms with Crippen LogP contribution in [-0.4, -0.2) is 60.2 Å². The lowest BCUT2D eigenvalue weighted by molar-refractivity contribution is 0.190. The first-order chi connectivity index (χ1) is 9.91. The van der Waals surface area contributed by atoms with Crippen LogP contribution in [0.3, 0.4) is 0 Å². The van der Waals surface area contributed by atoms with Crippen LogP contribution in [0.25, 0.3) is 4.96 Å². The van der Waals surface area contributed by atoms with Gasteiger partial charge in [0.1, 0.15) is 0 Å². The smallest absolute Gasteiger partial charge is 0.262 e. The van der Waals surface area contributed by atoms with Gasteiger partial charge in [0.15, 0.2) is 15.8 Å². The van der Waals surface area contributed by atoms with Gasteiger partial charge in [-0.15, -0.1) is 11.3 Å². The molecule has 2 aromatic rings. The van der Waals surface area contributed by atoms with E-state index in [-0.39, 0.29) is 16.9 Å². The fraction of sp³-hybridized carbons (Fsp3) is 0.583. The molecule has 116 valence electrons. The van der Waals surface area contributed by atoms with Gasteiger partial charge in [-0.2, -0.15) is 4.31 Å². The monoisotopic (exact) mass is 329 g/mol. The zero-order valence-corrected chi connectivity index (χ0v) is 13.7. The molecule has 21 heavy (non-hydrogen) atoms. The maximum Gasteiger partial charge on any atom is 0.262 e. The molecule has 2 N–H and O–H groups in total. The van der Waals surface area contributed by atoms with Crippen molar-refractivity contribution in [1.29, 1.82) is 0 Å². The lowest BCUT2D eigenvalue weighted by Crippen LogP contribution is -2.47. The van der Waals surface area contributed by atoms with E-state index in [1.807, 2.05) is 14.1 Å². The summed E-state index contributed by atoms with van der Waals surface area (Å²) in [6, 6.07) is 0.237. The second-order valence-corrected chi connectivity index (χ2v) is 8.21. The summed E-state index contributed by atoms with van der Waals surface area (Å²) >= 11 is 1.37. The van der Waals surface area contributed by atoms with Gasteiger partial charge in [-0.05, 0) is 26.9 Å². The van der Waals surface area contributed by atoms with Crippen LogP contribution in [-0.2, 0) is 10.0 Å². The van der Waals surface area contributed by atoms with Crippen LogP contribution < -0.4 is 5.73 Å². The lowest BCUT2D eigenvalue weighted by Gasteiger charge is -2.35. The number of nitrogens with two attached hydrogens (primary N) is 1. The molecule has 9 heteroatoms. The minimum atomic E-state index is -3.62. The van der Waals surface area contributed by atoms with Gasteiger partial charge in [0, 0.05) is 30.7 Å². The SMILES string of the molecule is CN(C)C1CCCN(S(=O)(=O)c2c(N)nc3sccn23)C1. The Balaban J connectivity index is 2.00. The van der Waals surface area contributed by atoms with Crippen LogP contribution in [0.1, 0.15) is 12.8 Å². The fourth-order valence-electron chi connectivity index (χ4n) is 2.72. The summed E-state index contributed by atoms with van der Waals surface area (Å²) in [7, 11) is 0.331. The van der Waals surface area contributed by atoms with E-state index in [2.05, 4.69) is 9.88 Å². The minimum absolute atomic E-state index is 0.0776. The van der Waals surface area contributed by atoms with Crippen LogP contribution >= 0.6 is 11.3 Å². The Kier molecular flexibility index (Phi) is 3.68. The van der Waals surface area contributed by atoms with Crippen LogP contribution in [0.15, 0.2) is 16.6 Å². The molecule has 0 saturated carbocycles. The molecule has 0 bridgehead atoms. The molecule has 1 fully saturated rings. The quantitative estimate of drug-likeness (QED) is 0.896. The van der Waals surface area contributed by atoms with Crippen molar-refractivity contribution in [3.63, 3.8) is 0 Å². The Morgan fingerprint density at radius 1 is 1.48 bits per heavy atom. The van der Waals surface area contributed by atoms with E-state index in [4.69, 9.17) is 5.73 Å². The highest BCUT2D eigenvalue weighted by atomic mass is 32.2. The molecule has 2 aromatic heterocycles. The summed E-state index contributed by atoms with van der Waals surface area (Å²) in [4.78, 5) is 6.81. The largest absolute Gasteiger partial charge is 0.381 e. The molecule has 1 unspecified atom stereocenters. The predicted octanol–water partition coefficient (Wildman–Crippen LogP) is 0.693. The number of hydrogen-bond donors (Lipinski definition) is 1. The van der Waals surface area contributed by atoms with Crippen LogP contribution in [0.4, 0.5) is 5.82 Å². The van der Waals surface area contributed by atoms with E-state index in [1.165, 1.54) is 15.6 Å². The highest BCUT2D eigenvalue weighted by Gasteiger charge is 2.35. The first kappa shape index (κ1) is 14.8. The Morgan fingerprint density at radius 3 is 2.95 bits per heavy atom. The molecule has 1 atom stereocenters. The number of anilines is 1. The number of nitrogen functional groups attached to an aromatic ring is 1. The standard InChI is InChI=1S/C12H19N5O2S2/c1-15(2)9-4-3-5-16(8-9)21(18,19)11-10(13)14-12-17(11)6-7-20-12/h6-7,9H,3-5,8,13H2,1-2H3. The van der Waals surface area contributed by atoms with Gasteiger partial charge in [-0.3, -0.25) is 4.40 Å². The maximum absolute atomic E-state index is 12.9. The number of sulfonamides is 1. The van der Waals surface area contributed by atoms with E-state index in [0.29, 0.717) is 18.1 Å². The number of nitrogens with zero attached hydrogens (tertiary/aromatic N) is 4. The third kappa shape index (κ3) is 2.44. The average Bonchev–Trinajstić information content (AvgIpc) is 2.98. The molecule has 7 nitrogen and oxygen atoms in total. The molecule has 1 aliphatic heterocycles. The number of thiazole rings is 1. The van der Waals surface area contributed by atoms with Crippen LogP contribution in [0.5, 0.6) is 0 Å². The summed E-state index contributed by atoms with van der Waals surface area (Å²) in [5, 5.41) is 1.90. The van der Waals surface area contributed by atoms with Gasteiger partial charge >= 0.3 is 0 Å². The number of imidazole rings is 1. The summed E-state index contributed by atoms with van der Waals surface area (Å²) in [5.41, 5.74) is 5.84. The van der Waals surface area contributed by atoms with Crippen molar-refractivity contribution < 1.29 is 8.42 Å². The van der Waals surface area contributed by atoms with Gasteiger partial charge in [-0.1, -0.05) is 0 Å². The summed E-state index contributed by atoms with van der Waals surface area (Å²) in [5.74, 6) is 0.0776. The molecule has 1 aliphatic rings. The van der Waals surface area contributed by atoms with Crippen molar-refractivity contribution in [3.05, 3.63) is 11.6 Å². The molecule has 0 aromatic carbocycles. The molecule has 0 aliphatic carbocycles. The Morgan fingerprint density at radius 2 is 2.24 bits per heavy atom. The van der Waals surface area contributed by atoms with Crippen LogP contribution in [0, 0.1) is 0 Å². The van der Waals surface area contributed by atoms with E-state index in [0.717, 1.165) is 12.8 Å². The summed E-state index contributed by atoms with van der Waals surface area (Å²) < 4.78 is 28.9.